The van der Waals surface area contributed by atoms with Crippen molar-refractivity contribution in [2.45, 2.75) is 4.34 Å². The second kappa shape index (κ2) is 13.0. The van der Waals surface area contributed by atoms with Crippen LogP contribution >= 0.6 is 34.7 Å². The molecule has 13 heteroatoms. The molecule has 0 radical (unpaired) electrons. The SMILES string of the molecule is COc1ccc(Cl)cc1NC(=O)CSc1nnc(NC(=O)/C=C/c2cc(OC)c(OC)c(OC)c2)s1. The van der Waals surface area contributed by atoms with Crippen LogP contribution in [0.4, 0.5) is 10.8 Å². The second-order valence-corrected chi connectivity index (χ2v) is 9.47. The van der Waals surface area contributed by atoms with E-state index in [-0.39, 0.29) is 11.7 Å². The lowest BCUT2D eigenvalue weighted by molar-refractivity contribution is -0.114. The number of nitrogens with one attached hydrogen (secondary N) is 2. The summed E-state index contributed by atoms with van der Waals surface area (Å²) in [7, 11) is 6.05. The molecule has 0 unspecified atom stereocenters. The van der Waals surface area contributed by atoms with Gasteiger partial charge in [0.2, 0.25) is 22.7 Å². The average molecular weight is 551 g/mol. The van der Waals surface area contributed by atoms with Gasteiger partial charge in [-0.15, -0.1) is 10.2 Å². The topological polar surface area (TPSA) is 121 Å². The third-order valence-corrected chi connectivity index (χ3v) is 6.72. The molecule has 2 N–H and O–H groups in total. The minimum Gasteiger partial charge on any atom is -0.495 e. The molecular formula is C23H23ClN4O6S2. The highest BCUT2D eigenvalue weighted by Gasteiger charge is 2.14. The summed E-state index contributed by atoms with van der Waals surface area (Å²) in [4.78, 5) is 24.7. The molecule has 10 nitrogen and oxygen atoms in total. The molecule has 0 atom stereocenters. The molecule has 1 aromatic heterocycles. The van der Waals surface area contributed by atoms with Crippen molar-refractivity contribution >= 4 is 63.4 Å². The Kier molecular flexibility index (Phi) is 9.79. The van der Waals surface area contributed by atoms with Gasteiger partial charge >= 0.3 is 0 Å². The third-order valence-electron chi connectivity index (χ3n) is 4.51. The van der Waals surface area contributed by atoms with E-state index in [4.69, 9.17) is 30.5 Å². The van der Waals surface area contributed by atoms with E-state index in [9.17, 15) is 9.59 Å². The van der Waals surface area contributed by atoms with E-state index in [0.717, 1.165) is 11.3 Å². The van der Waals surface area contributed by atoms with Crippen molar-refractivity contribution in [3.8, 4) is 23.0 Å². The van der Waals surface area contributed by atoms with Gasteiger partial charge in [-0.3, -0.25) is 14.9 Å². The smallest absolute Gasteiger partial charge is 0.250 e. The van der Waals surface area contributed by atoms with Crippen LogP contribution in [0.3, 0.4) is 0 Å². The first-order chi connectivity index (χ1) is 17.4. The van der Waals surface area contributed by atoms with Crippen molar-refractivity contribution in [2.75, 3.05) is 44.8 Å². The summed E-state index contributed by atoms with van der Waals surface area (Å²) in [5, 5.41) is 14.1. The van der Waals surface area contributed by atoms with Gasteiger partial charge in [0.25, 0.3) is 0 Å². The molecule has 3 rings (SSSR count). The zero-order valence-electron chi connectivity index (χ0n) is 19.8. The summed E-state index contributed by atoms with van der Waals surface area (Å²) < 4.78 is 21.7. The van der Waals surface area contributed by atoms with Gasteiger partial charge in [-0.1, -0.05) is 34.7 Å². The van der Waals surface area contributed by atoms with E-state index in [1.165, 1.54) is 46.3 Å². The first-order valence-corrected chi connectivity index (χ1v) is 12.4. The maximum Gasteiger partial charge on any atom is 0.250 e. The van der Waals surface area contributed by atoms with Crippen LogP contribution < -0.4 is 29.6 Å². The van der Waals surface area contributed by atoms with E-state index in [2.05, 4.69) is 20.8 Å². The van der Waals surface area contributed by atoms with Gasteiger partial charge in [-0.25, -0.2) is 0 Å². The number of aromatic nitrogens is 2. The lowest BCUT2D eigenvalue weighted by Crippen LogP contribution is -2.14. The number of halogens is 1. The molecular weight excluding hydrogens is 528 g/mol. The number of anilines is 2. The van der Waals surface area contributed by atoms with Crippen molar-refractivity contribution in [1.29, 1.82) is 0 Å². The quantitative estimate of drug-likeness (QED) is 0.200. The van der Waals surface area contributed by atoms with E-state index in [0.29, 0.717) is 48.7 Å². The van der Waals surface area contributed by atoms with E-state index >= 15 is 0 Å². The van der Waals surface area contributed by atoms with Crippen LogP contribution in [0, 0.1) is 0 Å². The summed E-state index contributed by atoms with van der Waals surface area (Å²) >= 11 is 8.32. The summed E-state index contributed by atoms with van der Waals surface area (Å²) in [6.07, 6.45) is 2.95. The van der Waals surface area contributed by atoms with Crippen LogP contribution in [0.1, 0.15) is 5.56 Å². The van der Waals surface area contributed by atoms with Gasteiger partial charge in [0.1, 0.15) is 5.75 Å². The van der Waals surface area contributed by atoms with Crippen molar-refractivity contribution in [1.82, 2.24) is 10.2 Å². The molecule has 0 aliphatic heterocycles. The summed E-state index contributed by atoms with van der Waals surface area (Å²) in [5.41, 5.74) is 1.15. The van der Waals surface area contributed by atoms with Crippen LogP contribution in [-0.4, -0.2) is 56.2 Å². The molecule has 190 valence electrons. The lowest BCUT2D eigenvalue weighted by atomic mass is 10.1. The molecule has 0 saturated heterocycles. The van der Waals surface area contributed by atoms with E-state index < -0.39 is 5.91 Å². The minimum absolute atomic E-state index is 0.0826. The molecule has 0 spiro atoms. The number of methoxy groups -OCH3 is 4. The Bertz CT molecular complexity index is 1240. The zero-order chi connectivity index (χ0) is 26.1. The van der Waals surface area contributed by atoms with Gasteiger partial charge in [0.05, 0.1) is 39.9 Å². The monoisotopic (exact) mass is 550 g/mol. The van der Waals surface area contributed by atoms with Gasteiger partial charge in [-0.05, 0) is 42.0 Å². The second-order valence-electron chi connectivity index (χ2n) is 6.84. The van der Waals surface area contributed by atoms with E-state index in [1.807, 2.05) is 0 Å². The van der Waals surface area contributed by atoms with Crippen molar-refractivity contribution in [2.24, 2.45) is 0 Å². The van der Waals surface area contributed by atoms with Crippen molar-refractivity contribution < 1.29 is 28.5 Å². The summed E-state index contributed by atoms with van der Waals surface area (Å²) in [6.45, 7) is 0. The van der Waals surface area contributed by atoms with Crippen LogP contribution in [0.2, 0.25) is 5.02 Å². The van der Waals surface area contributed by atoms with Crippen LogP contribution in [0.15, 0.2) is 40.7 Å². The highest BCUT2D eigenvalue weighted by Crippen LogP contribution is 2.38. The average Bonchev–Trinajstić information content (AvgIpc) is 3.32. The predicted molar refractivity (Wildman–Crippen MR) is 141 cm³/mol. The standard InChI is InChI=1S/C23H23ClN4O6S2/c1-31-16-7-6-14(24)11-15(16)25-20(30)12-35-23-28-27-22(36-23)26-19(29)8-5-13-9-17(32-2)21(34-4)18(10-13)33-3/h5-11H,12H2,1-4H3,(H,25,30)(H,26,27,29)/b8-5+. The normalized spacial score (nSPS) is 10.7. The number of amides is 2. The highest BCUT2D eigenvalue weighted by molar-refractivity contribution is 8.01. The molecule has 0 aliphatic carbocycles. The number of benzene rings is 2. The highest BCUT2D eigenvalue weighted by atomic mass is 35.5. The van der Waals surface area contributed by atoms with Crippen molar-refractivity contribution in [3.63, 3.8) is 0 Å². The molecule has 3 aromatic rings. The Hall–Kier alpha value is -3.48. The first-order valence-electron chi connectivity index (χ1n) is 10.3. The number of thioether (sulfide) groups is 1. The first kappa shape index (κ1) is 27.1. The number of carbonyl (C=O) groups excluding carboxylic acids is 2. The Morgan fingerprint density at radius 1 is 0.972 bits per heavy atom. The van der Waals surface area contributed by atoms with Crippen LogP contribution in [0.25, 0.3) is 6.08 Å². The van der Waals surface area contributed by atoms with Gasteiger partial charge in [0, 0.05) is 11.1 Å². The van der Waals surface area contributed by atoms with Crippen LogP contribution in [-0.2, 0) is 9.59 Å². The fraction of sp³-hybridized carbons (Fsp3) is 0.217. The third kappa shape index (κ3) is 7.26. The number of carbonyl (C=O) groups is 2. The largest absolute Gasteiger partial charge is 0.495 e. The summed E-state index contributed by atoms with van der Waals surface area (Å²) in [6, 6.07) is 8.37. The maximum atomic E-state index is 12.3. The molecule has 2 aromatic carbocycles. The number of hydrogen-bond acceptors (Lipinski definition) is 10. The number of rotatable bonds is 11. The fourth-order valence-electron chi connectivity index (χ4n) is 2.93. The zero-order valence-corrected chi connectivity index (χ0v) is 22.2. The molecule has 0 fully saturated rings. The van der Waals surface area contributed by atoms with Crippen molar-refractivity contribution in [3.05, 3.63) is 47.0 Å². The maximum absolute atomic E-state index is 12.3. The molecule has 0 aliphatic rings. The number of hydrogen-bond donors (Lipinski definition) is 2. The van der Waals surface area contributed by atoms with Gasteiger partial charge in [-0.2, -0.15) is 0 Å². The molecule has 0 saturated carbocycles. The Balaban J connectivity index is 1.55. The Morgan fingerprint density at radius 3 is 2.31 bits per heavy atom. The fourth-order valence-corrected chi connectivity index (χ4v) is 4.65. The molecule has 36 heavy (non-hydrogen) atoms. The number of nitrogens with zero attached hydrogens (tertiary/aromatic N) is 2. The minimum atomic E-state index is -0.401. The van der Waals surface area contributed by atoms with E-state index in [1.54, 1.807) is 36.4 Å². The Morgan fingerprint density at radius 2 is 1.67 bits per heavy atom. The van der Waals surface area contributed by atoms with Gasteiger partial charge < -0.3 is 24.3 Å². The molecule has 0 bridgehead atoms. The summed E-state index contributed by atoms with van der Waals surface area (Å²) in [5.74, 6) is 1.32. The van der Waals surface area contributed by atoms with Crippen LogP contribution in [0.5, 0.6) is 23.0 Å². The van der Waals surface area contributed by atoms with Gasteiger partial charge in [0.15, 0.2) is 15.8 Å². The molecule has 2 amide bonds. The predicted octanol–water partition coefficient (Wildman–Crippen LogP) is 4.61. The Labute approximate surface area is 220 Å². The number of ether oxygens (including phenoxy) is 4. The molecule has 1 heterocycles. The lowest BCUT2D eigenvalue weighted by Gasteiger charge is -2.12.